The highest BCUT2D eigenvalue weighted by molar-refractivity contribution is 9.10. The van der Waals surface area contributed by atoms with Crippen LogP contribution in [0.15, 0.2) is 28.9 Å². The Hall–Kier alpha value is -1.69. The Bertz CT molecular complexity index is 577. The van der Waals surface area contributed by atoms with Crippen molar-refractivity contribution >= 4 is 21.9 Å². The molecule has 0 spiro atoms. The van der Waals surface area contributed by atoms with E-state index in [1.54, 1.807) is 13.1 Å². The Labute approximate surface area is 112 Å². The molecule has 18 heavy (non-hydrogen) atoms. The average Bonchev–Trinajstić information content (AvgIpc) is 2.35. The van der Waals surface area contributed by atoms with Crippen LogP contribution in [-0.2, 0) is 0 Å². The first-order valence-corrected chi connectivity index (χ1v) is 6.03. The lowest BCUT2D eigenvalue weighted by Gasteiger charge is -2.09. The molecule has 0 aliphatic carbocycles. The lowest BCUT2D eigenvalue weighted by molar-refractivity contribution is 0.418. The van der Waals surface area contributed by atoms with Gasteiger partial charge in [-0.1, -0.05) is 6.07 Å². The normalized spacial score (nSPS) is 10.2. The van der Waals surface area contributed by atoms with Crippen LogP contribution < -0.4 is 10.1 Å². The van der Waals surface area contributed by atoms with Gasteiger partial charge in [-0.05, 0) is 40.5 Å². The van der Waals surface area contributed by atoms with Gasteiger partial charge >= 0.3 is 0 Å². The van der Waals surface area contributed by atoms with Crippen LogP contribution in [0, 0.1) is 12.7 Å². The fourth-order valence-electron chi connectivity index (χ4n) is 1.34. The number of aryl methyl sites for hydroxylation is 1. The van der Waals surface area contributed by atoms with Gasteiger partial charge in [-0.3, -0.25) is 0 Å². The van der Waals surface area contributed by atoms with Gasteiger partial charge in [0.25, 0.3) is 5.88 Å². The molecule has 0 saturated heterocycles. The summed E-state index contributed by atoms with van der Waals surface area (Å²) in [6.45, 7) is 1.96. The fraction of sp³-hybridized carbons (Fsp3) is 0.167. The maximum atomic E-state index is 13.5. The van der Waals surface area contributed by atoms with Crippen LogP contribution in [0.25, 0.3) is 0 Å². The number of nitrogens with zero attached hydrogens (tertiary/aromatic N) is 2. The monoisotopic (exact) mass is 311 g/mol. The van der Waals surface area contributed by atoms with E-state index in [1.165, 1.54) is 0 Å². The molecule has 0 saturated carbocycles. The number of hydrogen-bond acceptors (Lipinski definition) is 4. The number of ether oxygens (including phenoxy) is 1. The molecule has 0 atom stereocenters. The predicted octanol–water partition coefficient (Wildman–Crippen LogP) is 3.52. The van der Waals surface area contributed by atoms with Crippen molar-refractivity contribution in [1.82, 2.24) is 9.97 Å². The third-order valence-electron chi connectivity index (χ3n) is 2.23. The summed E-state index contributed by atoms with van der Waals surface area (Å²) in [7, 11) is 1.65. The molecular formula is C12H11BrFN3O. The minimum atomic E-state index is -0.610. The smallest absolute Gasteiger partial charge is 0.260 e. The Kier molecular flexibility index (Phi) is 3.76. The summed E-state index contributed by atoms with van der Waals surface area (Å²) >= 11 is 3.36. The number of hydrogen-bond donors (Lipinski definition) is 1. The van der Waals surface area contributed by atoms with Crippen molar-refractivity contribution in [2.45, 2.75) is 6.92 Å². The van der Waals surface area contributed by atoms with E-state index in [-0.39, 0.29) is 5.88 Å². The predicted molar refractivity (Wildman–Crippen MR) is 70.5 cm³/mol. The zero-order chi connectivity index (χ0) is 13.1. The topological polar surface area (TPSA) is 47.0 Å². The Morgan fingerprint density at radius 2 is 2.17 bits per heavy atom. The molecule has 1 aromatic heterocycles. The van der Waals surface area contributed by atoms with E-state index in [1.807, 2.05) is 19.1 Å². The van der Waals surface area contributed by atoms with E-state index in [0.29, 0.717) is 11.7 Å². The van der Waals surface area contributed by atoms with Gasteiger partial charge in [-0.15, -0.1) is 0 Å². The first kappa shape index (κ1) is 12.8. The second-order valence-electron chi connectivity index (χ2n) is 3.63. The molecule has 0 aliphatic rings. The van der Waals surface area contributed by atoms with Crippen molar-refractivity contribution in [2.75, 3.05) is 12.4 Å². The average molecular weight is 312 g/mol. The Morgan fingerprint density at radius 1 is 1.39 bits per heavy atom. The highest BCUT2D eigenvalue weighted by Crippen LogP contribution is 2.30. The van der Waals surface area contributed by atoms with E-state index in [9.17, 15) is 4.39 Å². The first-order chi connectivity index (χ1) is 8.60. The van der Waals surface area contributed by atoms with Gasteiger partial charge in [0.15, 0.2) is 0 Å². The Morgan fingerprint density at radius 3 is 2.83 bits per heavy atom. The van der Waals surface area contributed by atoms with Gasteiger partial charge in [-0.25, -0.2) is 4.98 Å². The molecule has 1 heterocycles. The number of rotatable bonds is 3. The van der Waals surface area contributed by atoms with Crippen LogP contribution in [0.2, 0.25) is 0 Å². The molecule has 0 amide bonds. The third-order valence-corrected chi connectivity index (χ3v) is 2.85. The largest absolute Gasteiger partial charge is 0.435 e. The van der Waals surface area contributed by atoms with Crippen LogP contribution in [0.1, 0.15) is 5.56 Å². The summed E-state index contributed by atoms with van der Waals surface area (Å²) in [5, 5.41) is 2.72. The fourth-order valence-corrected chi connectivity index (χ4v) is 1.91. The third kappa shape index (κ3) is 2.76. The Balaban J connectivity index is 2.33. The molecule has 0 aliphatic heterocycles. The van der Waals surface area contributed by atoms with Gasteiger partial charge in [0.05, 0.1) is 10.7 Å². The summed E-state index contributed by atoms with van der Waals surface area (Å²) in [6.07, 6.45) is 1.07. The second-order valence-corrected chi connectivity index (χ2v) is 4.49. The number of aromatic nitrogens is 2. The van der Waals surface area contributed by atoms with E-state index >= 15 is 0 Å². The molecule has 2 aromatic rings. The van der Waals surface area contributed by atoms with Crippen LogP contribution >= 0.6 is 15.9 Å². The molecule has 4 nitrogen and oxygen atoms in total. The van der Waals surface area contributed by atoms with Crippen molar-refractivity contribution in [3.8, 4) is 11.6 Å². The van der Waals surface area contributed by atoms with Crippen molar-refractivity contribution in [1.29, 1.82) is 0 Å². The molecule has 94 valence electrons. The van der Waals surface area contributed by atoms with E-state index in [0.717, 1.165) is 16.2 Å². The van der Waals surface area contributed by atoms with Crippen molar-refractivity contribution < 1.29 is 9.13 Å². The van der Waals surface area contributed by atoms with Gasteiger partial charge in [0.1, 0.15) is 5.75 Å². The van der Waals surface area contributed by atoms with Crippen LogP contribution in [-0.4, -0.2) is 17.0 Å². The zero-order valence-electron chi connectivity index (χ0n) is 9.87. The van der Waals surface area contributed by atoms with Gasteiger partial charge < -0.3 is 10.1 Å². The van der Waals surface area contributed by atoms with Gasteiger partial charge in [0.2, 0.25) is 11.8 Å². The molecule has 0 unspecified atom stereocenters. The van der Waals surface area contributed by atoms with Crippen LogP contribution in [0.4, 0.5) is 10.3 Å². The van der Waals surface area contributed by atoms with Crippen molar-refractivity contribution in [3.63, 3.8) is 0 Å². The summed E-state index contributed by atoms with van der Waals surface area (Å²) in [4.78, 5) is 7.66. The van der Waals surface area contributed by atoms with Crippen LogP contribution in [0.5, 0.6) is 11.6 Å². The molecule has 2 rings (SSSR count). The zero-order valence-corrected chi connectivity index (χ0v) is 11.5. The first-order valence-electron chi connectivity index (χ1n) is 5.24. The van der Waals surface area contributed by atoms with Crippen molar-refractivity contribution in [3.05, 3.63) is 40.2 Å². The molecule has 1 aromatic carbocycles. The lowest BCUT2D eigenvalue weighted by atomic mass is 10.2. The summed E-state index contributed by atoms with van der Waals surface area (Å²) < 4.78 is 19.7. The summed E-state index contributed by atoms with van der Waals surface area (Å²) in [5.74, 6) is 0.0789. The SMILES string of the molecule is CNc1ncc(F)c(Oc2ccc(C)cc2Br)n1. The van der Waals surface area contributed by atoms with Gasteiger partial charge in [-0.2, -0.15) is 9.37 Å². The quantitative estimate of drug-likeness (QED) is 0.942. The van der Waals surface area contributed by atoms with Crippen LogP contribution in [0.3, 0.4) is 0 Å². The molecule has 0 fully saturated rings. The van der Waals surface area contributed by atoms with E-state index < -0.39 is 5.82 Å². The highest BCUT2D eigenvalue weighted by Gasteiger charge is 2.10. The molecule has 0 radical (unpaired) electrons. The summed E-state index contributed by atoms with van der Waals surface area (Å²) in [5.41, 5.74) is 1.08. The van der Waals surface area contributed by atoms with E-state index in [2.05, 4.69) is 31.2 Å². The number of benzene rings is 1. The lowest BCUT2D eigenvalue weighted by Crippen LogP contribution is -2.00. The maximum Gasteiger partial charge on any atom is 0.260 e. The molecular weight excluding hydrogens is 301 g/mol. The number of anilines is 1. The minimum Gasteiger partial charge on any atom is -0.435 e. The molecule has 6 heteroatoms. The highest BCUT2D eigenvalue weighted by atomic mass is 79.9. The van der Waals surface area contributed by atoms with Gasteiger partial charge in [0, 0.05) is 7.05 Å². The second kappa shape index (κ2) is 5.30. The molecule has 1 N–H and O–H groups in total. The number of nitrogens with one attached hydrogen (secondary N) is 1. The number of halogens is 2. The molecule has 0 bridgehead atoms. The standard InChI is InChI=1S/C12H11BrFN3O/c1-7-3-4-10(8(13)5-7)18-11-9(14)6-16-12(15-2)17-11/h3-6H,1-2H3,(H,15,16,17). The minimum absolute atomic E-state index is 0.112. The van der Waals surface area contributed by atoms with Crippen molar-refractivity contribution in [2.24, 2.45) is 0 Å². The maximum absolute atomic E-state index is 13.5. The summed E-state index contributed by atoms with van der Waals surface area (Å²) in [6, 6.07) is 5.51. The van der Waals surface area contributed by atoms with E-state index in [4.69, 9.17) is 4.74 Å².